The minimum Gasteiger partial charge on any atom is -0.462 e. The van der Waals surface area contributed by atoms with Gasteiger partial charge >= 0.3 is 5.97 Å². The van der Waals surface area contributed by atoms with Gasteiger partial charge in [-0.25, -0.2) is 0 Å². The summed E-state index contributed by atoms with van der Waals surface area (Å²) in [5, 5.41) is 159. The number of aliphatic hydroxyl groups excluding tert-OH is 15. The Bertz CT molecular complexity index is 2270. The highest BCUT2D eigenvalue weighted by atomic mass is 16.8. The molecule has 15 N–H and O–H groups in total. The molecule has 28 nitrogen and oxygen atoms in total. The fourth-order valence-electron chi connectivity index (χ4n) is 15.3. The lowest BCUT2D eigenvalue weighted by Crippen LogP contribution is -2.66. The van der Waals surface area contributed by atoms with Gasteiger partial charge in [-0.3, -0.25) is 9.59 Å². The van der Waals surface area contributed by atoms with E-state index in [0.29, 0.717) is 32.1 Å². The SMILES string of the molecule is CC(=O)[C@H]1[C@@H](OC(=O)CC[C@@H](C)CO[C@@H]2O[C@H](CO[C@@H]3O[C@H](CO)[C@@H](O)[C@H](O)[C@H]3O)[C@@H](O)[C@H](O)[C@H]2O)C[C@H]2[C@@H]3CC=C4C[C@@H](O[C@@H]5O[C@H](CO)[C@@H](O[C@@H]6O[C@@H](C)[C@H](O)[C@@H](O)[C@H]6O)[C@H](O)[C@H]5O[C@@H]5O[C@@H](C)[C@H](O)[C@@H](O)[C@H]5O)CC[C@]4(C)[C@H]3CC[C@@]21C. The van der Waals surface area contributed by atoms with Crippen LogP contribution in [0.15, 0.2) is 11.6 Å². The molecule has 0 aromatic carbocycles. The second-order valence-corrected chi connectivity index (χ2v) is 26.0. The predicted molar refractivity (Wildman–Crippen MR) is 283 cm³/mol. The van der Waals surface area contributed by atoms with E-state index in [1.807, 2.05) is 0 Å². The maximum Gasteiger partial charge on any atom is 0.306 e. The third kappa shape index (κ3) is 13.3. The maximum absolute atomic E-state index is 13.7. The Labute approximate surface area is 492 Å². The van der Waals surface area contributed by atoms with E-state index in [4.69, 9.17) is 52.1 Å². The van der Waals surface area contributed by atoms with Crippen LogP contribution in [0.4, 0.5) is 0 Å². The van der Waals surface area contributed by atoms with Gasteiger partial charge in [0.05, 0.1) is 50.7 Å². The third-order valence-corrected chi connectivity index (χ3v) is 20.4. The molecule has 5 saturated heterocycles. The number of ether oxygens (including phenoxy) is 11. The Hall–Kier alpha value is -2.12. The molecule has 0 spiro atoms. The van der Waals surface area contributed by atoms with Gasteiger partial charge in [0.1, 0.15) is 122 Å². The molecule has 0 aromatic rings. The van der Waals surface area contributed by atoms with Crippen LogP contribution in [0.3, 0.4) is 0 Å². The normalized spacial score (nSPS) is 51.4. The quantitative estimate of drug-likeness (QED) is 0.0429. The second kappa shape index (κ2) is 27.4. The zero-order valence-corrected chi connectivity index (χ0v) is 48.8. The van der Waals surface area contributed by atoms with Crippen LogP contribution in [0.25, 0.3) is 0 Å². The lowest BCUT2D eigenvalue weighted by molar-refractivity contribution is -0.388. The zero-order valence-electron chi connectivity index (χ0n) is 48.8. The Morgan fingerprint density at radius 2 is 1.14 bits per heavy atom. The summed E-state index contributed by atoms with van der Waals surface area (Å²) >= 11 is 0. The highest BCUT2D eigenvalue weighted by Crippen LogP contribution is 2.67. The fraction of sp³-hybridized carbons (Fsp3) is 0.930. The molecule has 5 heterocycles. The molecule has 9 rings (SSSR count). The smallest absolute Gasteiger partial charge is 0.306 e. The van der Waals surface area contributed by atoms with E-state index in [-0.39, 0.29) is 54.3 Å². The van der Waals surface area contributed by atoms with Gasteiger partial charge in [0.2, 0.25) is 0 Å². The van der Waals surface area contributed by atoms with Crippen molar-refractivity contribution < 1.29 is 138 Å². The van der Waals surface area contributed by atoms with Crippen molar-refractivity contribution in [1.82, 2.24) is 0 Å². The second-order valence-electron chi connectivity index (χ2n) is 26.0. The first-order valence-corrected chi connectivity index (χ1v) is 30.1. The number of ketones is 1. The molecule has 488 valence electrons. The number of Topliss-reactive ketones (excluding diaryl/α,β-unsaturated/α-hetero) is 1. The largest absolute Gasteiger partial charge is 0.462 e. The summed E-state index contributed by atoms with van der Waals surface area (Å²) in [5.41, 5.74) is 0.401. The van der Waals surface area contributed by atoms with Crippen LogP contribution in [-0.2, 0) is 61.7 Å². The minimum absolute atomic E-state index is 0.0251. The molecular weight excluding hydrogens is 1130 g/mol. The van der Waals surface area contributed by atoms with Crippen LogP contribution < -0.4 is 0 Å². The number of rotatable bonds is 19. The van der Waals surface area contributed by atoms with E-state index >= 15 is 0 Å². The molecule has 9 aliphatic rings. The van der Waals surface area contributed by atoms with Gasteiger partial charge in [0, 0.05) is 6.42 Å². The monoisotopic (exact) mass is 1220 g/mol. The molecule has 3 saturated carbocycles. The molecular formula is C57H92O28. The van der Waals surface area contributed by atoms with Gasteiger partial charge in [0.25, 0.3) is 0 Å². The summed E-state index contributed by atoms with van der Waals surface area (Å²) in [5.74, 6) is -1.02. The van der Waals surface area contributed by atoms with Crippen molar-refractivity contribution in [3.63, 3.8) is 0 Å². The summed E-state index contributed by atoms with van der Waals surface area (Å²) in [6.45, 7) is 8.61. The molecule has 5 aliphatic heterocycles. The number of allylic oxidation sites excluding steroid dienone is 1. The van der Waals surface area contributed by atoms with E-state index < -0.39 is 203 Å². The van der Waals surface area contributed by atoms with E-state index in [0.717, 1.165) is 18.4 Å². The first kappa shape index (κ1) is 67.3. The van der Waals surface area contributed by atoms with Crippen LogP contribution in [0.1, 0.15) is 99.3 Å². The summed E-state index contributed by atoms with van der Waals surface area (Å²) in [6.07, 6.45) is -32.9. The molecule has 85 heavy (non-hydrogen) atoms. The highest BCUT2D eigenvalue weighted by molar-refractivity contribution is 5.81. The highest BCUT2D eigenvalue weighted by Gasteiger charge is 2.64. The fourth-order valence-corrected chi connectivity index (χ4v) is 15.3. The number of aliphatic hydroxyl groups is 15. The minimum atomic E-state index is -1.79. The van der Waals surface area contributed by atoms with Gasteiger partial charge in [-0.1, -0.05) is 32.4 Å². The third-order valence-electron chi connectivity index (χ3n) is 20.4. The van der Waals surface area contributed by atoms with Gasteiger partial charge in [-0.2, -0.15) is 0 Å². The molecule has 4 aliphatic carbocycles. The molecule has 0 bridgehead atoms. The summed E-state index contributed by atoms with van der Waals surface area (Å²) in [7, 11) is 0. The van der Waals surface area contributed by atoms with Crippen LogP contribution in [0, 0.1) is 40.4 Å². The van der Waals surface area contributed by atoms with Crippen molar-refractivity contribution >= 4 is 11.8 Å². The van der Waals surface area contributed by atoms with E-state index in [2.05, 4.69) is 19.9 Å². The number of hydrogen-bond donors (Lipinski definition) is 15. The molecule has 0 radical (unpaired) electrons. The van der Waals surface area contributed by atoms with Crippen molar-refractivity contribution in [2.24, 2.45) is 40.4 Å². The first-order chi connectivity index (χ1) is 40.1. The summed E-state index contributed by atoms with van der Waals surface area (Å²) < 4.78 is 65.2. The maximum atomic E-state index is 13.7. The number of carbonyl (C=O) groups is 2. The molecule has 8 fully saturated rings. The summed E-state index contributed by atoms with van der Waals surface area (Å²) in [6, 6.07) is 0. The number of fused-ring (bicyclic) bond motifs is 5. The number of hydrogen-bond acceptors (Lipinski definition) is 28. The van der Waals surface area contributed by atoms with Crippen LogP contribution in [0.2, 0.25) is 0 Å². The van der Waals surface area contributed by atoms with Gasteiger partial charge in [-0.15, -0.1) is 0 Å². The predicted octanol–water partition coefficient (Wildman–Crippen LogP) is -4.38. The molecule has 0 unspecified atom stereocenters. The van der Waals surface area contributed by atoms with Crippen molar-refractivity contribution in [3.05, 3.63) is 11.6 Å². The van der Waals surface area contributed by atoms with E-state index in [1.165, 1.54) is 13.8 Å². The number of carbonyl (C=O) groups excluding carboxylic acids is 2. The van der Waals surface area contributed by atoms with E-state index in [9.17, 15) is 86.2 Å². The van der Waals surface area contributed by atoms with Crippen molar-refractivity contribution in [2.45, 2.75) is 265 Å². The lowest BCUT2D eigenvalue weighted by Gasteiger charge is -2.58. The van der Waals surface area contributed by atoms with Crippen molar-refractivity contribution in [2.75, 3.05) is 26.4 Å². The van der Waals surface area contributed by atoms with E-state index in [1.54, 1.807) is 13.8 Å². The molecule has 28 heteroatoms. The van der Waals surface area contributed by atoms with Crippen LogP contribution in [-0.4, -0.2) is 281 Å². The standard InChI is InChI=1S/C57H92O28/c1-21(19-75-51-45(71)43(69)39(65)33(83-51)20-76-52-44(70)42(68)38(64)31(17-58)81-52)7-10-34(61)80-30-16-29-27-9-8-25-15-26(11-13-56(25,5)28(27)12-14-57(29,6)35(30)22(2)60)79-55-50(85-54-47(73)41(67)37(63)24(4)78-54)48(74)49(32(18-59)82-55)84-53-46(72)40(66)36(62)23(3)77-53/h8,21,23-24,26-33,35-55,58-59,62-74H,7,9-20H2,1-6H3/t21-,23+,24+,26+,27-,28+,29+,30+,31-,32-,33-,35+,36+,37+,38-,39-,40-,41-,42+,43+,44-,45-,46-,47-,48+,49-,50-,51-,52-,53+,54+,55-,56+,57+/m1/s1. The Balaban J connectivity index is 0.809. The van der Waals surface area contributed by atoms with Crippen LogP contribution >= 0.6 is 0 Å². The Morgan fingerprint density at radius 3 is 1.74 bits per heavy atom. The lowest BCUT2D eigenvalue weighted by atomic mass is 9.47. The van der Waals surface area contributed by atoms with Crippen molar-refractivity contribution in [1.29, 1.82) is 0 Å². The van der Waals surface area contributed by atoms with Crippen LogP contribution in [0.5, 0.6) is 0 Å². The van der Waals surface area contributed by atoms with Gasteiger partial charge in [-0.05, 0) is 107 Å². The van der Waals surface area contributed by atoms with Gasteiger partial charge in [0.15, 0.2) is 31.5 Å². The first-order valence-electron chi connectivity index (χ1n) is 30.1. The molecule has 34 atom stereocenters. The average Bonchev–Trinajstić information content (AvgIpc) is 1.75. The molecule has 0 aromatic heterocycles. The summed E-state index contributed by atoms with van der Waals surface area (Å²) in [4.78, 5) is 27.4. The Kier molecular flexibility index (Phi) is 21.7. The average molecular weight is 1230 g/mol. The topological polar surface area (TPSA) is 439 Å². The molecule has 0 amide bonds. The van der Waals surface area contributed by atoms with Crippen molar-refractivity contribution in [3.8, 4) is 0 Å². The Morgan fingerprint density at radius 1 is 0.600 bits per heavy atom. The number of esters is 1. The zero-order chi connectivity index (χ0) is 61.9. The van der Waals surface area contributed by atoms with Gasteiger partial charge < -0.3 is 129 Å².